The van der Waals surface area contributed by atoms with Gasteiger partial charge in [-0.1, -0.05) is 26.8 Å². The molecule has 0 heterocycles. The maximum Gasteiger partial charge on any atom is 0.0479 e. The summed E-state index contributed by atoms with van der Waals surface area (Å²) in [7, 11) is 0. The van der Waals surface area contributed by atoms with Crippen LogP contribution in [-0.4, -0.2) is 0 Å². The molecule has 0 bridgehead atoms. The normalized spacial score (nSPS) is 10.8. The zero-order valence-electron chi connectivity index (χ0n) is 10.4. The Morgan fingerprint density at radius 2 is 1.31 bits per heavy atom. The first kappa shape index (κ1) is 13.9. The van der Waals surface area contributed by atoms with Crippen LogP contribution in [0.5, 0.6) is 0 Å². The van der Waals surface area contributed by atoms with Crippen molar-refractivity contribution < 1.29 is 0 Å². The lowest BCUT2D eigenvalue weighted by atomic mass is 9.89. The molecule has 0 radical (unpaired) electrons. The minimum atomic E-state index is 0.587. The highest BCUT2D eigenvalue weighted by atomic mass is 35.5. The van der Waals surface area contributed by atoms with E-state index >= 15 is 0 Å². The molecule has 0 unspecified atom stereocenters. The van der Waals surface area contributed by atoms with Gasteiger partial charge in [0.2, 0.25) is 0 Å². The van der Waals surface area contributed by atoms with Crippen LogP contribution in [0, 0.1) is 0 Å². The number of rotatable bonds is 5. The fraction of sp³-hybridized carbons (Fsp3) is 0.571. The number of hydrogen-bond donors (Lipinski definition) is 0. The van der Waals surface area contributed by atoms with Crippen molar-refractivity contribution >= 4 is 23.2 Å². The molecule has 0 fully saturated rings. The maximum absolute atomic E-state index is 6.11. The summed E-state index contributed by atoms with van der Waals surface area (Å²) in [5, 5.41) is 0. The molecule has 2 heteroatoms. The Morgan fingerprint density at radius 3 is 1.69 bits per heavy atom. The summed E-state index contributed by atoms with van der Waals surface area (Å²) >= 11 is 12.1. The van der Waals surface area contributed by atoms with E-state index in [0.717, 1.165) is 19.3 Å². The molecule has 0 aliphatic rings. The molecule has 1 rings (SSSR count). The van der Waals surface area contributed by atoms with E-state index in [9.17, 15) is 0 Å². The Labute approximate surface area is 109 Å². The number of halogens is 2. The summed E-state index contributed by atoms with van der Waals surface area (Å²) in [5.74, 6) is 1.19. The lowest BCUT2D eigenvalue weighted by Gasteiger charge is -2.18. The predicted molar refractivity (Wildman–Crippen MR) is 73.7 cm³/mol. The van der Waals surface area contributed by atoms with Crippen LogP contribution in [0.3, 0.4) is 0 Å². The highest BCUT2D eigenvalue weighted by Gasteiger charge is 2.13. The van der Waals surface area contributed by atoms with Crippen molar-refractivity contribution in [3.8, 4) is 0 Å². The van der Waals surface area contributed by atoms with Crippen molar-refractivity contribution in [2.75, 3.05) is 0 Å². The average Bonchev–Trinajstić information content (AvgIpc) is 2.35. The summed E-state index contributed by atoms with van der Waals surface area (Å²) in [6.45, 7) is 6.56. The highest BCUT2D eigenvalue weighted by molar-refractivity contribution is 6.18. The van der Waals surface area contributed by atoms with Crippen molar-refractivity contribution in [3.63, 3.8) is 0 Å². The molecule has 0 saturated carbocycles. The molecule has 90 valence electrons. The topological polar surface area (TPSA) is 0 Å². The number of benzene rings is 1. The first-order valence-electron chi connectivity index (χ1n) is 6.00. The SMILES string of the molecule is CCc1cc(CCl)c(CC)c(CCl)c1CC. The van der Waals surface area contributed by atoms with Crippen LogP contribution in [0.1, 0.15) is 48.6 Å². The van der Waals surface area contributed by atoms with Gasteiger partial charge in [0, 0.05) is 11.8 Å². The molecule has 0 amide bonds. The van der Waals surface area contributed by atoms with Gasteiger partial charge in [-0.05, 0) is 47.1 Å². The highest BCUT2D eigenvalue weighted by Crippen LogP contribution is 2.28. The van der Waals surface area contributed by atoms with E-state index < -0.39 is 0 Å². The van der Waals surface area contributed by atoms with Crippen LogP contribution >= 0.6 is 23.2 Å². The largest absolute Gasteiger partial charge is 0.122 e. The zero-order chi connectivity index (χ0) is 12.1. The standard InChI is InChI=1S/C14H20Cl2/c1-4-10-7-11(8-15)13(6-3)14(9-16)12(10)5-2/h7H,4-6,8-9H2,1-3H3. The third kappa shape index (κ3) is 2.55. The fourth-order valence-electron chi connectivity index (χ4n) is 2.43. The van der Waals surface area contributed by atoms with Gasteiger partial charge in [0.25, 0.3) is 0 Å². The zero-order valence-corrected chi connectivity index (χ0v) is 11.9. The lowest BCUT2D eigenvalue weighted by molar-refractivity contribution is 0.963. The second-order valence-corrected chi connectivity index (χ2v) is 4.49. The molecule has 0 aromatic heterocycles. The van der Waals surface area contributed by atoms with Gasteiger partial charge in [-0.2, -0.15) is 0 Å². The summed E-state index contributed by atoms with van der Waals surface area (Å²) in [6.07, 6.45) is 3.13. The molecule has 16 heavy (non-hydrogen) atoms. The molecule has 0 spiro atoms. The first-order chi connectivity index (χ1) is 7.73. The Hall–Kier alpha value is -0.200. The predicted octanol–water partition coefficient (Wildman–Crippen LogP) is 4.85. The van der Waals surface area contributed by atoms with Crippen LogP contribution in [-0.2, 0) is 31.0 Å². The van der Waals surface area contributed by atoms with Gasteiger partial charge in [-0.15, -0.1) is 23.2 Å². The quantitative estimate of drug-likeness (QED) is 0.663. The molecule has 0 N–H and O–H groups in total. The molecule has 1 aromatic carbocycles. The van der Waals surface area contributed by atoms with Crippen molar-refractivity contribution in [1.82, 2.24) is 0 Å². The second kappa shape index (κ2) is 6.51. The van der Waals surface area contributed by atoms with E-state index in [0.29, 0.717) is 11.8 Å². The van der Waals surface area contributed by atoms with E-state index in [1.54, 1.807) is 0 Å². The van der Waals surface area contributed by atoms with Crippen LogP contribution in [0.2, 0.25) is 0 Å². The van der Waals surface area contributed by atoms with E-state index in [4.69, 9.17) is 23.2 Å². The third-order valence-corrected chi connectivity index (χ3v) is 3.77. The molecule has 1 aromatic rings. The van der Waals surface area contributed by atoms with Crippen LogP contribution in [0.15, 0.2) is 6.07 Å². The van der Waals surface area contributed by atoms with Crippen LogP contribution in [0.25, 0.3) is 0 Å². The summed E-state index contributed by atoms with van der Waals surface area (Å²) in [4.78, 5) is 0. The molecule has 0 atom stereocenters. The van der Waals surface area contributed by atoms with Gasteiger partial charge in [0.15, 0.2) is 0 Å². The molecule has 0 saturated heterocycles. The van der Waals surface area contributed by atoms with E-state index in [2.05, 4.69) is 26.8 Å². The van der Waals surface area contributed by atoms with E-state index in [1.807, 2.05) is 0 Å². The fourth-order valence-corrected chi connectivity index (χ4v) is 2.99. The Morgan fingerprint density at radius 1 is 0.750 bits per heavy atom. The van der Waals surface area contributed by atoms with Crippen LogP contribution in [0.4, 0.5) is 0 Å². The van der Waals surface area contributed by atoms with Crippen LogP contribution < -0.4 is 0 Å². The van der Waals surface area contributed by atoms with Crippen molar-refractivity contribution in [2.45, 2.75) is 51.8 Å². The Bertz CT molecular complexity index is 326. The number of hydrogen-bond acceptors (Lipinski definition) is 0. The lowest BCUT2D eigenvalue weighted by Crippen LogP contribution is -2.05. The van der Waals surface area contributed by atoms with Gasteiger partial charge in [-0.25, -0.2) is 0 Å². The second-order valence-electron chi connectivity index (χ2n) is 3.96. The van der Waals surface area contributed by atoms with Gasteiger partial charge < -0.3 is 0 Å². The summed E-state index contributed by atoms with van der Waals surface area (Å²) < 4.78 is 0. The molecule has 0 aliphatic carbocycles. The van der Waals surface area contributed by atoms with Gasteiger partial charge in [0.1, 0.15) is 0 Å². The monoisotopic (exact) mass is 258 g/mol. The van der Waals surface area contributed by atoms with Crippen molar-refractivity contribution in [1.29, 1.82) is 0 Å². The molecular formula is C14H20Cl2. The maximum atomic E-state index is 6.11. The summed E-state index contributed by atoms with van der Waals surface area (Å²) in [6, 6.07) is 2.26. The van der Waals surface area contributed by atoms with Gasteiger partial charge in [0.05, 0.1) is 0 Å². The first-order valence-corrected chi connectivity index (χ1v) is 7.07. The van der Waals surface area contributed by atoms with Gasteiger partial charge >= 0.3 is 0 Å². The average molecular weight is 259 g/mol. The smallest absolute Gasteiger partial charge is 0.0479 e. The van der Waals surface area contributed by atoms with E-state index in [-0.39, 0.29) is 0 Å². The van der Waals surface area contributed by atoms with Gasteiger partial charge in [-0.3, -0.25) is 0 Å². The Kier molecular flexibility index (Phi) is 5.64. The van der Waals surface area contributed by atoms with E-state index in [1.165, 1.54) is 27.8 Å². The number of aryl methyl sites for hydroxylation is 1. The third-order valence-electron chi connectivity index (χ3n) is 3.22. The van der Waals surface area contributed by atoms with Crippen molar-refractivity contribution in [2.24, 2.45) is 0 Å². The molecule has 0 aliphatic heterocycles. The summed E-state index contributed by atoms with van der Waals surface area (Å²) in [5.41, 5.74) is 6.78. The molecule has 0 nitrogen and oxygen atoms in total. The Balaban J connectivity index is 3.47. The number of alkyl halides is 2. The molecular weight excluding hydrogens is 239 g/mol. The minimum absolute atomic E-state index is 0.587. The minimum Gasteiger partial charge on any atom is -0.122 e. The van der Waals surface area contributed by atoms with Crippen molar-refractivity contribution in [3.05, 3.63) is 33.9 Å².